The second-order valence-electron chi connectivity index (χ2n) is 5.92. The Hall–Kier alpha value is -1.50. The van der Waals surface area contributed by atoms with E-state index in [0.717, 1.165) is 51.5 Å². The largest absolute Gasteiger partial charge is 0.379 e. The molecule has 0 unspecified atom stereocenters. The summed E-state index contributed by atoms with van der Waals surface area (Å²) in [6, 6.07) is 0. The zero-order chi connectivity index (χ0) is 15.4. The molecule has 2 aliphatic rings. The molecule has 1 fully saturated rings. The monoisotopic (exact) mass is 304 g/mol. The number of aromatic nitrogens is 1. The highest BCUT2D eigenvalue weighted by molar-refractivity contribution is 5.78. The molecule has 6 nitrogen and oxygen atoms in total. The number of nitrogens with zero attached hydrogens (tertiary/aromatic N) is 2. The normalized spacial score (nSPS) is 18.8. The van der Waals surface area contributed by atoms with Gasteiger partial charge in [0.1, 0.15) is 0 Å². The van der Waals surface area contributed by atoms with Gasteiger partial charge in [-0.15, -0.1) is 0 Å². The summed E-state index contributed by atoms with van der Waals surface area (Å²) in [6.07, 6.45) is 2.96. The van der Waals surface area contributed by atoms with Gasteiger partial charge in [0.15, 0.2) is 0 Å². The lowest BCUT2D eigenvalue weighted by atomic mass is 9.96. The molecule has 2 aliphatic heterocycles. The Morgan fingerprint density at radius 2 is 2.27 bits per heavy atom. The molecule has 0 aromatic carbocycles. The van der Waals surface area contributed by atoms with E-state index >= 15 is 0 Å². The summed E-state index contributed by atoms with van der Waals surface area (Å²) >= 11 is 0. The number of nitrogens with one attached hydrogen (secondary N) is 2. The van der Waals surface area contributed by atoms with Crippen LogP contribution in [0.1, 0.15) is 22.4 Å². The van der Waals surface area contributed by atoms with Gasteiger partial charge in [-0.1, -0.05) is 0 Å². The summed E-state index contributed by atoms with van der Waals surface area (Å²) in [7, 11) is 0. The van der Waals surface area contributed by atoms with Crippen LogP contribution in [0.25, 0.3) is 0 Å². The van der Waals surface area contributed by atoms with E-state index in [1.54, 1.807) is 0 Å². The lowest BCUT2D eigenvalue weighted by Crippen LogP contribution is -2.43. The minimum Gasteiger partial charge on any atom is -0.379 e. The van der Waals surface area contributed by atoms with Crippen molar-refractivity contribution in [3.8, 4) is 0 Å². The van der Waals surface area contributed by atoms with E-state index in [4.69, 9.17) is 4.74 Å². The van der Waals surface area contributed by atoms with Crippen molar-refractivity contribution in [1.82, 2.24) is 20.5 Å². The average Bonchev–Trinajstić information content (AvgIpc) is 2.55. The van der Waals surface area contributed by atoms with Crippen LogP contribution in [0.3, 0.4) is 0 Å². The van der Waals surface area contributed by atoms with E-state index < -0.39 is 0 Å². The van der Waals surface area contributed by atoms with Gasteiger partial charge in [-0.3, -0.25) is 14.7 Å². The number of amides is 1. The van der Waals surface area contributed by atoms with Crippen LogP contribution < -0.4 is 10.6 Å². The molecular weight excluding hydrogens is 280 g/mol. The third-order valence-corrected chi connectivity index (χ3v) is 4.40. The summed E-state index contributed by atoms with van der Waals surface area (Å²) in [4.78, 5) is 18.7. The van der Waals surface area contributed by atoms with Crippen LogP contribution >= 0.6 is 0 Å². The van der Waals surface area contributed by atoms with Crippen molar-refractivity contribution in [2.75, 3.05) is 39.4 Å². The number of hydrogen-bond acceptors (Lipinski definition) is 5. The average molecular weight is 304 g/mol. The predicted octanol–water partition coefficient (Wildman–Crippen LogP) is -0.0159. The predicted molar refractivity (Wildman–Crippen MR) is 83.5 cm³/mol. The third kappa shape index (κ3) is 3.63. The zero-order valence-electron chi connectivity index (χ0n) is 13.2. The van der Waals surface area contributed by atoms with Crippen molar-refractivity contribution < 1.29 is 9.53 Å². The highest BCUT2D eigenvalue weighted by Gasteiger charge is 2.17. The smallest absolute Gasteiger partial charge is 0.234 e. The second-order valence-corrected chi connectivity index (χ2v) is 5.92. The van der Waals surface area contributed by atoms with Crippen LogP contribution in [0.15, 0.2) is 6.20 Å². The van der Waals surface area contributed by atoms with Gasteiger partial charge >= 0.3 is 0 Å². The van der Waals surface area contributed by atoms with E-state index in [1.165, 1.54) is 16.7 Å². The van der Waals surface area contributed by atoms with Crippen molar-refractivity contribution in [2.24, 2.45) is 0 Å². The van der Waals surface area contributed by atoms with Crippen molar-refractivity contribution >= 4 is 5.91 Å². The zero-order valence-corrected chi connectivity index (χ0v) is 13.2. The summed E-state index contributed by atoms with van der Waals surface area (Å²) in [5, 5.41) is 6.42. The quantitative estimate of drug-likeness (QED) is 0.819. The Labute approximate surface area is 131 Å². The fourth-order valence-electron chi connectivity index (χ4n) is 3.08. The van der Waals surface area contributed by atoms with Crippen LogP contribution in [0.2, 0.25) is 0 Å². The maximum absolute atomic E-state index is 12.1. The Kier molecular flexibility index (Phi) is 5.02. The molecule has 1 saturated heterocycles. The molecule has 120 valence electrons. The van der Waals surface area contributed by atoms with Gasteiger partial charge in [-0.2, -0.15) is 0 Å². The first-order valence-electron chi connectivity index (χ1n) is 7.98. The van der Waals surface area contributed by atoms with Crippen LogP contribution in [0, 0.1) is 6.92 Å². The number of fused-ring (bicyclic) bond motifs is 1. The Morgan fingerprint density at radius 1 is 1.45 bits per heavy atom. The van der Waals surface area contributed by atoms with E-state index in [-0.39, 0.29) is 5.91 Å². The SMILES string of the molecule is Cc1ncc2c(c1CNC(=O)CN1CCOCC1)CCNC2. The summed E-state index contributed by atoms with van der Waals surface area (Å²) in [6.45, 7) is 8.01. The molecule has 6 heteroatoms. The Morgan fingerprint density at radius 3 is 3.09 bits per heavy atom. The molecule has 1 aromatic rings. The number of carbonyl (C=O) groups excluding carboxylic acids is 1. The molecule has 22 heavy (non-hydrogen) atoms. The van der Waals surface area contributed by atoms with Gasteiger partial charge in [0.05, 0.1) is 19.8 Å². The number of hydrogen-bond donors (Lipinski definition) is 2. The molecule has 3 heterocycles. The number of rotatable bonds is 4. The molecule has 0 atom stereocenters. The molecule has 0 saturated carbocycles. The first-order chi connectivity index (χ1) is 10.7. The van der Waals surface area contributed by atoms with Crippen molar-refractivity contribution in [2.45, 2.75) is 26.4 Å². The van der Waals surface area contributed by atoms with Gasteiger partial charge in [0.25, 0.3) is 0 Å². The van der Waals surface area contributed by atoms with Gasteiger partial charge in [-0.25, -0.2) is 0 Å². The van der Waals surface area contributed by atoms with E-state index in [1.807, 2.05) is 13.1 Å². The number of aryl methyl sites for hydroxylation is 1. The topological polar surface area (TPSA) is 66.5 Å². The molecule has 0 aliphatic carbocycles. The Bertz CT molecular complexity index is 541. The molecule has 3 rings (SSSR count). The van der Waals surface area contributed by atoms with Gasteiger partial charge in [-0.05, 0) is 36.6 Å². The minimum atomic E-state index is 0.0767. The van der Waals surface area contributed by atoms with Crippen molar-refractivity contribution in [3.05, 3.63) is 28.6 Å². The van der Waals surface area contributed by atoms with Crippen LogP contribution in [0.4, 0.5) is 0 Å². The first-order valence-corrected chi connectivity index (χ1v) is 7.98. The highest BCUT2D eigenvalue weighted by atomic mass is 16.5. The summed E-state index contributed by atoms with van der Waals surface area (Å²) < 4.78 is 5.30. The molecule has 0 spiro atoms. The minimum absolute atomic E-state index is 0.0767. The number of carbonyl (C=O) groups is 1. The van der Waals surface area contributed by atoms with Crippen molar-refractivity contribution in [1.29, 1.82) is 0 Å². The number of pyridine rings is 1. The van der Waals surface area contributed by atoms with E-state index in [2.05, 4.69) is 20.5 Å². The highest BCUT2D eigenvalue weighted by Crippen LogP contribution is 2.20. The Balaban J connectivity index is 1.60. The maximum atomic E-state index is 12.1. The molecule has 2 N–H and O–H groups in total. The number of ether oxygens (including phenoxy) is 1. The second kappa shape index (κ2) is 7.17. The number of morpholine rings is 1. The summed E-state index contributed by atoms with van der Waals surface area (Å²) in [5.41, 5.74) is 4.83. The molecular formula is C16H24N4O2. The molecule has 1 aromatic heterocycles. The molecule has 1 amide bonds. The first kappa shape index (κ1) is 15.4. The standard InChI is InChI=1S/C16H24N4O2/c1-12-15(14-2-3-17-8-13(14)9-18-12)10-19-16(21)11-20-4-6-22-7-5-20/h9,17H,2-8,10-11H2,1H3,(H,19,21). The van der Waals surface area contributed by atoms with Crippen molar-refractivity contribution in [3.63, 3.8) is 0 Å². The van der Waals surface area contributed by atoms with Gasteiger partial charge < -0.3 is 15.4 Å². The van der Waals surface area contributed by atoms with Crippen LogP contribution in [-0.4, -0.2) is 55.2 Å². The van der Waals surface area contributed by atoms with E-state index in [0.29, 0.717) is 13.1 Å². The summed E-state index contributed by atoms with van der Waals surface area (Å²) in [5.74, 6) is 0.0767. The van der Waals surface area contributed by atoms with E-state index in [9.17, 15) is 4.79 Å². The van der Waals surface area contributed by atoms with Crippen LogP contribution in [0.5, 0.6) is 0 Å². The lowest BCUT2D eigenvalue weighted by Gasteiger charge is -2.26. The maximum Gasteiger partial charge on any atom is 0.234 e. The van der Waals surface area contributed by atoms with Gasteiger partial charge in [0.2, 0.25) is 5.91 Å². The van der Waals surface area contributed by atoms with Gasteiger partial charge in [0, 0.05) is 38.1 Å². The third-order valence-electron chi connectivity index (χ3n) is 4.40. The molecule has 0 bridgehead atoms. The fourth-order valence-corrected chi connectivity index (χ4v) is 3.08. The lowest BCUT2D eigenvalue weighted by molar-refractivity contribution is -0.123. The van der Waals surface area contributed by atoms with Crippen LogP contribution in [-0.2, 0) is 29.0 Å². The fraction of sp³-hybridized carbons (Fsp3) is 0.625. The molecule has 0 radical (unpaired) electrons.